The van der Waals surface area contributed by atoms with E-state index in [1.807, 2.05) is 6.92 Å². The van der Waals surface area contributed by atoms with Crippen molar-refractivity contribution in [3.8, 4) is 11.6 Å². The third-order valence-corrected chi connectivity index (χ3v) is 7.42. The summed E-state index contributed by atoms with van der Waals surface area (Å²) in [7, 11) is 0. The first-order valence-corrected chi connectivity index (χ1v) is 11.2. The lowest BCUT2D eigenvalue weighted by atomic mass is 9.59. The fourth-order valence-corrected chi connectivity index (χ4v) is 5.88. The van der Waals surface area contributed by atoms with Gasteiger partial charge in [-0.2, -0.15) is 13.2 Å². The Morgan fingerprint density at radius 3 is 2.33 bits per heavy atom. The van der Waals surface area contributed by atoms with E-state index in [0.717, 1.165) is 31.2 Å². The van der Waals surface area contributed by atoms with E-state index in [0.29, 0.717) is 35.7 Å². The molecular formula is C25H23F4NO3. The van der Waals surface area contributed by atoms with Crippen LogP contribution in [0.2, 0.25) is 0 Å². The number of benzene rings is 1. The standard InChI is InChI=1S/C25H23F4NO3/c1-2-12-7-8-16(33-24-18(26)9-15(11-30-24)25(27,28)29)10-17(12)21-22(31)19-13-3-4-14(6-5-13)20(19)23(21)32/h7-11,13-14,19-20,31H,2-6H2,1H3. The van der Waals surface area contributed by atoms with Gasteiger partial charge in [0.1, 0.15) is 11.5 Å². The molecule has 2 atom stereocenters. The number of fused-ring (bicyclic) bond motifs is 2. The summed E-state index contributed by atoms with van der Waals surface area (Å²) >= 11 is 0. The molecule has 0 radical (unpaired) electrons. The van der Waals surface area contributed by atoms with Crippen molar-refractivity contribution in [2.45, 2.75) is 45.2 Å². The first-order chi connectivity index (χ1) is 15.7. The number of rotatable bonds is 4. The van der Waals surface area contributed by atoms with Crippen molar-refractivity contribution >= 4 is 11.4 Å². The highest BCUT2D eigenvalue weighted by atomic mass is 19.4. The van der Waals surface area contributed by atoms with Gasteiger partial charge in [0.25, 0.3) is 5.88 Å². The van der Waals surface area contributed by atoms with E-state index in [9.17, 15) is 27.5 Å². The zero-order valence-corrected chi connectivity index (χ0v) is 18.0. The fraction of sp³-hybridized carbons (Fsp3) is 0.440. The highest BCUT2D eigenvalue weighted by Crippen LogP contribution is 2.57. The SMILES string of the molecule is CCc1ccc(Oc2ncc(C(F)(F)F)cc2F)cc1C1=C(O)C2C3CCC(CC3)C2C1=O. The number of ether oxygens (including phenoxy) is 1. The molecule has 6 rings (SSSR count). The van der Waals surface area contributed by atoms with Gasteiger partial charge in [-0.25, -0.2) is 9.37 Å². The number of aromatic nitrogens is 1. The minimum atomic E-state index is -4.72. The summed E-state index contributed by atoms with van der Waals surface area (Å²) in [4.78, 5) is 16.9. The lowest BCUT2D eigenvalue weighted by molar-refractivity contribution is -0.138. The van der Waals surface area contributed by atoms with Crippen LogP contribution in [0.5, 0.6) is 11.6 Å². The van der Waals surface area contributed by atoms with Gasteiger partial charge in [0.05, 0.1) is 11.1 Å². The first-order valence-electron chi connectivity index (χ1n) is 11.2. The van der Waals surface area contributed by atoms with E-state index < -0.39 is 23.4 Å². The second-order valence-corrected chi connectivity index (χ2v) is 9.13. The van der Waals surface area contributed by atoms with Crippen molar-refractivity contribution in [2.75, 3.05) is 0 Å². The van der Waals surface area contributed by atoms with E-state index in [1.165, 1.54) is 0 Å². The predicted octanol–water partition coefficient (Wildman–Crippen LogP) is 6.50. The summed E-state index contributed by atoms with van der Waals surface area (Å²) in [6.07, 6.45) is 0.412. The van der Waals surface area contributed by atoms with E-state index in [4.69, 9.17) is 4.74 Å². The molecule has 1 aromatic carbocycles. The molecule has 8 heteroatoms. The molecule has 3 fully saturated rings. The van der Waals surface area contributed by atoms with Crippen molar-refractivity contribution < 1.29 is 32.2 Å². The third kappa shape index (κ3) is 3.60. The number of aliphatic hydroxyl groups is 1. The smallest absolute Gasteiger partial charge is 0.417 e. The van der Waals surface area contributed by atoms with Crippen LogP contribution in [0.3, 0.4) is 0 Å². The topological polar surface area (TPSA) is 59.4 Å². The van der Waals surface area contributed by atoms with Crippen molar-refractivity contribution in [1.29, 1.82) is 0 Å². The van der Waals surface area contributed by atoms with E-state index >= 15 is 0 Å². The van der Waals surface area contributed by atoms with Crippen LogP contribution in [0.4, 0.5) is 17.6 Å². The summed E-state index contributed by atoms with van der Waals surface area (Å²) in [6.45, 7) is 1.92. The summed E-state index contributed by atoms with van der Waals surface area (Å²) < 4.78 is 58.1. The first kappa shape index (κ1) is 21.9. The van der Waals surface area contributed by atoms with Crippen molar-refractivity contribution in [3.63, 3.8) is 0 Å². The van der Waals surface area contributed by atoms with Crippen LogP contribution in [0.15, 0.2) is 36.2 Å². The Kier molecular flexibility index (Phi) is 5.21. The minimum absolute atomic E-state index is 0.0578. The van der Waals surface area contributed by atoms with Gasteiger partial charge in [-0.1, -0.05) is 13.0 Å². The molecule has 0 aliphatic heterocycles. The predicted molar refractivity (Wildman–Crippen MR) is 112 cm³/mol. The molecule has 0 saturated heterocycles. The van der Waals surface area contributed by atoms with Crippen molar-refractivity contribution in [1.82, 2.24) is 4.98 Å². The number of Topliss-reactive ketones (excluding diaryl/α,β-unsaturated/α-hetero) is 1. The van der Waals surface area contributed by atoms with E-state index in [-0.39, 0.29) is 35.0 Å². The number of hydrogen-bond acceptors (Lipinski definition) is 4. The molecule has 2 unspecified atom stereocenters. The second kappa shape index (κ2) is 7.85. The van der Waals surface area contributed by atoms with Crippen molar-refractivity contribution in [3.05, 3.63) is 58.7 Å². The molecule has 0 amide bonds. The molecule has 3 saturated carbocycles. The number of aliphatic hydroxyl groups excluding tert-OH is 1. The van der Waals surface area contributed by atoms with Gasteiger partial charge in [-0.3, -0.25) is 4.79 Å². The average Bonchev–Trinajstić information content (AvgIpc) is 3.07. The monoisotopic (exact) mass is 461 g/mol. The molecule has 4 nitrogen and oxygen atoms in total. The number of allylic oxidation sites excluding steroid dienone is 2. The van der Waals surface area contributed by atoms with Crippen LogP contribution in [-0.4, -0.2) is 15.9 Å². The molecule has 33 heavy (non-hydrogen) atoms. The van der Waals surface area contributed by atoms with Gasteiger partial charge in [-0.05, 0) is 73.3 Å². The number of halogens is 4. The Hall–Kier alpha value is -2.90. The lowest BCUT2D eigenvalue weighted by Crippen LogP contribution is -2.41. The van der Waals surface area contributed by atoms with Crippen molar-refractivity contribution in [2.24, 2.45) is 23.7 Å². The largest absolute Gasteiger partial charge is 0.511 e. The number of aryl methyl sites for hydroxylation is 1. The molecule has 1 N–H and O–H groups in total. The molecule has 4 aliphatic carbocycles. The van der Waals surface area contributed by atoms with E-state index in [2.05, 4.69) is 4.98 Å². The van der Waals surface area contributed by atoms with Crippen LogP contribution in [-0.2, 0) is 17.4 Å². The number of ketones is 1. The number of carbonyl (C=O) groups excluding carboxylic acids is 1. The average molecular weight is 461 g/mol. The second-order valence-electron chi connectivity index (χ2n) is 9.13. The summed E-state index contributed by atoms with van der Waals surface area (Å²) in [5, 5.41) is 11.1. The molecule has 1 aromatic heterocycles. The highest BCUT2D eigenvalue weighted by molar-refractivity contribution is 6.25. The lowest BCUT2D eigenvalue weighted by Gasteiger charge is -2.44. The normalized spacial score (nSPS) is 26.6. The van der Waals surface area contributed by atoms with Gasteiger partial charge in [-0.15, -0.1) is 0 Å². The van der Waals surface area contributed by atoms with Gasteiger partial charge in [0, 0.05) is 18.0 Å². The number of nitrogens with zero attached hydrogens (tertiary/aromatic N) is 1. The fourth-order valence-electron chi connectivity index (χ4n) is 5.88. The third-order valence-electron chi connectivity index (χ3n) is 7.42. The van der Waals surface area contributed by atoms with Crippen LogP contribution in [0, 0.1) is 29.5 Å². The molecular weight excluding hydrogens is 438 g/mol. The molecule has 4 aliphatic rings. The number of alkyl halides is 3. The number of hydrogen-bond donors (Lipinski definition) is 1. The maximum atomic E-state index is 14.2. The Bertz CT molecular complexity index is 1150. The van der Waals surface area contributed by atoms with Gasteiger partial charge in [0.15, 0.2) is 11.6 Å². The Balaban J connectivity index is 1.51. The Morgan fingerprint density at radius 2 is 1.76 bits per heavy atom. The maximum absolute atomic E-state index is 14.2. The van der Waals surface area contributed by atoms with Crippen LogP contribution in [0.25, 0.3) is 5.57 Å². The zero-order valence-electron chi connectivity index (χ0n) is 18.0. The molecule has 2 aromatic rings. The molecule has 174 valence electrons. The maximum Gasteiger partial charge on any atom is 0.417 e. The highest BCUT2D eigenvalue weighted by Gasteiger charge is 2.54. The zero-order chi connectivity index (χ0) is 23.5. The molecule has 2 bridgehead atoms. The summed E-state index contributed by atoms with van der Waals surface area (Å²) in [5.41, 5.74) is 0.438. The minimum Gasteiger partial charge on any atom is -0.511 e. The number of pyridine rings is 1. The van der Waals surface area contributed by atoms with Gasteiger partial charge in [0.2, 0.25) is 0 Å². The van der Waals surface area contributed by atoms with Gasteiger partial charge >= 0.3 is 6.18 Å². The summed E-state index contributed by atoms with van der Waals surface area (Å²) in [6, 6.07) is 5.14. The van der Waals surface area contributed by atoms with Crippen LogP contribution < -0.4 is 4.74 Å². The quantitative estimate of drug-likeness (QED) is 0.528. The Morgan fingerprint density at radius 1 is 1.09 bits per heavy atom. The number of carbonyl (C=O) groups is 1. The van der Waals surface area contributed by atoms with E-state index in [1.54, 1.807) is 18.2 Å². The van der Waals surface area contributed by atoms with Crippen LogP contribution in [0.1, 0.15) is 49.3 Å². The Labute approximate surface area is 188 Å². The summed E-state index contributed by atoms with van der Waals surface area (Å²) in [5.74, 6) is -1.41. The molecule has 1 heterocycles. The van der Waals surface area contributed by atoms with Gasteiger partial charge < -0.3 is 9.84 Å². The van der Waals surface area contributed by atoms with Crippen LogP contribution >= 0.6 is 0 Å². The molecule has 0 spiro atoms.